The summed E-state index contributed by atoms with van der Waals surface area (Å²) in [7, 11) is 1.74. The number of aromatic nitrogens is 4. The van der Waals surface area contributed by atoms with Gasteiger partial charge in [-0.25, -0.2) is 9.97 Å². The van der Waals surface area contributed by atoms with E-state index in [-0.39, 0.29) is 31.2 Å². The molecule has 8 heteroatoms. The summed E-state index contributed by atoms with van der Waals surface area (Å²) < 4.78 is 1.57. The van der Waals surface area contributed by atoms with Crippen LogP contribution in [0.5, 0.6) is 0 Å². The molecular formula is C11H12N6O2. The fourth-order valence-electron chi connectivity index (χ4n) is 2.10. The molecule has 2 aromatic heterocycles. The molecule has 19 heavy (non-hydrogen) atoms. The van der Waals surface area contributed by atoms with Crippen molar-refractivity contribution in [3.05, 3.63) is 12.0 Å². The number of amides is 2. The van der Waals surface area contributed by atoms with Crippen LogP contribution < -0.4 is 5.73 Å². The molecule has 0 aliphatic carbocycles. The zero-order valence-corrected chi connectivity index (χ0v) is 10.3. The van der Waals surface area contributed by atoms with Crippen LogP contribution in [0.2, 0.25) is 0 Å². The molecular weight excluding hydrogens is 248 g/mol. The van der Waals surface area contributed by atoms with E-state index < -0.39 is 0 Å². The normalized spacial score (nSPS) is 15.7. The summed E-state index contributed by atoms with van der Waals surface area (Å²) in [4.78, 5) is 32.7. The fraction of sp³-hybridized carbons (Fsp3) is 0.364. The quantitative estimate of drug-likeness (QED) is 0.736. The van der Waals surface area contributed by atoms with Gasteiger partial charge >= 0.3 is 0 Å². The molecule has 2 N–H and O–H groups in total. The average Bonchev–Trinajstić information content (AvgIpc) is 2.88. The number of nitrogens with two attached hydrogens (primary N) is 1. The summed E-state index contributed by atoms with van der Waals surface area (Å²) >= 11 is 0. The molecule has 2 amide bonds. The maximum atomic E-state index is 11.6. The third kappa shape index (κ3) is 1.81. The van der Waals surface area contributed by atoms with Gasteiger partial charge in [-0.15, -0.1) is 0 Å². The topological polar surface area (TPSA) is 107 Å². The van der Waals surface area contributed by atoms with Gasteiger partial charge in [0.2, 0.25) is 11.8 Å². The van der Waals surface area contributed by atoms with E-state index in [0.717, 1.165) is 4.90 Å². The second-order valence-electron chi connectivity index (χ2n) is 4.40. The molecule has 0 aromatic carbocycles. The van der Waals surface area contributed by atoms with Crippen LogP contribution in [0, 0.1) is 0 Å². The lowest BCUT2D eigenvalue weighted by atomic mass is 10.4. The van der Waals surface area contributed by atoms with Crippen molar-refractivity contribution in [1.82, 2.24) is 24.6 Å². The Morgan fingerprint density at radius 3 is 2.63 bits per heavy atom. The summed E-state index contributed by atoms with van der Waals surface area (Å²) in [5.41, 5.74) is 6.41. The number of hydrogen-bond donors (Lipinski definition) is 1. The summed E-state index contributed by atoms with van der Waals surface area (Å²) in [6, 6.07) is 0. The monoisotopic (exact) mass is 260 g/mol. The molecule has 8 nitrogen and oxygen atoms in total. The number of anilines is 1. The molecule has 98 valence electrons. The molecule has 1 fully saturated rings. The maximum absolute atomic E-state index is 11.6. The Balaban J connectivity index is 1.99. The van der Waals surface area contributed by atoms with Crippen LogP contribution in [0.1, 0.15) is 18.7 Å². The molecule has 3 rings (SSSR count). The molecule has 0 radical (unpaired) electrons. The number of imide groups is 1. The fourth-order valence-corrected chi connectivity index (χ4v) is 2.10. The largest absolute Gasteiger partial charge is 0.383 e. The second kappa shape index (κ2) is 4.01. The van der Waals surface area contributed by atoms with Crippen molar-refractivity contribution < 1.29 is 9.59 Å². The molecule has 3 heterocycles. The molecule has 0 saturated carbocycles. The van der Waals surface area contributed by atoms with Crippen LogP contribution in [0.15, 0.2) is 6.20 Å². The van der Waals surface area contributed by atoms with E-state index >= 15 is 0 Å². The Bertz CT molecular complexity index is 676. The molecule has 1 aliphatic heterocycles. The number of nitrogen functional groups attached to an aromatic ring is 1. The Labute approximate surface area is 108 Å². The third-order valence-corrected chi connectivity index (χ3v) is 3.12. The SMILES string of the molecule is Cn1ncc2c(N)nc(CN3C(=O)CCC3=O)nc21. The number of likely N-dealkylation sites (tertiary alicyclic amines) is 1. The van der Waals surface area contributed by atoms with Crippen LogP contribution >= 0.6 is 0 Å². The van der Waals surface area contributed by atoms with E-state index in [1.165, 1.54) is 0 Å². The highest BCUT2D eigenvalue weighted by Gasteiger charge is 2.29. The molecule has 1 aliphatic rings. The number of nitrogens with zero attached hydrogens (tertiary/aromatic N) is 5. The first-order chi connectivity index (χ1) is 9.06. The average molecular weight is 260 g/mol. The van der Waals surface area contributed by atoms with Gasteiger partial charge in [-0.1, -0.05) is 0 Å². The predicted molar refractivity (Wildman–Crippen MR) is 65.5 cm³/mol. The van der Waals surface area contributed by atoms with E-state index in [1.807, 2.05) is 0 Å². The van der Waals surface area contributed by atoms with Gasteiger partial charge in [-0.2, -0.15) is 5.10 Å². The molecule has 0 atom stereocenters. The minimum Gasteiger partial charge on any atom is -0.383 e. The Hall–Kier alpha value is -2.51. The molecule has 2 aromatic rings. The van der Waals surface area contributed by atoms with Crippen LogP contribution in [-0.2, 0) is 23.2 Å². The second-order valence-corrected chi connectivity index (χ2v) is 4.40. The molecule has 0 spiro atoms. The first-order valence-corrected chi connectivity index (χ1v) is 5.83. The zero-order chi connectivity index (χ0) is 13.6. The van der Waals surface area contributed by atoms with Gasteiger partial charge in [-0.3, -0.25) is 19.2 Å². The van der Waals surface area contributed by atoms with Gasteiger partial charge in [0, 0.05) is 19.9 Å². The highest BCUT2D eigenvalue weighted by molar-refractivity contribution is 6.01. The summed E-state index contributed by atoms with van der Waals surface area (Å²) in [5.74, 6) is 0.249. The van der Waals surface area contributed by atoms with E-state index in [4.69, 9.17) is 5.73 Å². The minimum atomic E-state index is -0.197. The summed E-state index contributed by atoms with van der Waals surface area (Å²) in [5, 5.41) is 4.70. The van der Waals surface area contributed by atoms with E-state index in [1.54, 1.807) is 17.9 Å². The summed E-state index contributed by atoms with van der Waals surface area (Å²) in [6.45, 7) is 0.0585. The van der Waals surface area contributed by atoms with Crippen LogP contribution in [-0.4, -0.2) is 36.5 Å². The Morgan fingerprint density at radius 2 is 1.95 bits per heavy atom. The van der Waals surface area contributed by atoms with Gasteiger partial charge in [0.05, 0.1) is 18.1 Å². The summed E-state index contributed by atoms with van der Waals surface area (Å²) in [6.07, 6.45) is 2.09. The lowest BCUT2D eigenvalue weighted by molar-refractivity contribution is -0.139. The first kappa shape index (κ1) is 11.6. The third-order valence-electron chi connectivity index (χ3n) is 3.12. The highest BCUT2D eigenvalue weighted by atomic mass is 16.2. The van der Waals surface area contributed by atoms with E-state index in [2.05, 4.69) is 15.1 Å². The lowest BCUT2D eigenvalue weighted by Gasteiger charge is -2.12. The van der Waals surface area contributed by atoms with Gasteiger partial charge in [0.15, 0.2) is 11.5 Å². The van der Waals surface area contributed by atoms with E-state index in [9.17, 15) is 9.59 Å². The van der Waals surface area contributed by atoms with Gasteiger partial charge in [0.1, 0.15) is 5.82 Å². The maximum Gasteiger partial charge on any atom is 0.230 e. The first-order valence-electron chi connectivity index (χ1n) is 5.83. The molecule has 0 unspecified atom stereocenters. The minimum absolute atomic E-state index is 0.0585. The number of hydrogen-bond acceptors (Lipinski definition) is 6. The van der Waals surface area contributed by atoms with Crippen molar-refractivity contribution in [3.63, 3.8) is 0 Å². The zero-order valence-electron chi connectivity index (χ0n) is 10.3. The smallest absolute Gasteiger partial charge is 0.230 e. The van der Waals surface area contributed by atoms with Crippen molar-refractivity contribution >= 4 is 28.7 Å². The van der Waals surface area contributed by atoms with Gasteiger partial charge < -0.3 is 5.73 Å². The van der Waals surface area contributed by atoms with Crippen molar-refractivity contribution in [1.29, 1.82) is 0 Å². The standard InChI is InChI=1S/C11H12N6O2/c1-16-11-6(4-13-16)10(12)14-7(15-11)5-17-8(18)2-3-9(17)19/h4H,2-3,5H2,1H3,(H2,12,14,15). The van der Waals surface area contributed by atoms with Gasteiger partial charge in [-0.05, 0) is 0 Å². The molecule has 0 bridgehead atoms. The number of carbonyl (C=O) groups is 2. The van der Waals surface area contributed by atoms with Crippen molar-refractivity contribution in [3.8, 4) is 0 Å². The van der Waals surface area contributed by atoms with E-state index in [0.29, 0.717) is 22.7 Å². The van der Waals surface area contributed by atoms with Crippen LogP contribution in [0.25, 0.3) is 11.0 Å². The van der Waals surface area contributed by atoms with Crippen molar-refractivity contribution in [2.75, 3.05) is 5.73 Å². The van der Waals surface area contributed by atoms with Crippen molar-refractivity contribution in [2.24, 2.45) is 7.05 Å². The van der Waals surface area contributed by atoms with Crippen molar-refractivity contribution in [2.45, 2.75) is 19.4 Å². The highest BCUT2D eigenvalue weighted by Crippen LogP contribution is 2.19. The number of aryl methyl sites for hydroxylation is 1. The number of fused-ring (bicyclic) bond motifs is 1. The van der Waals surface area contributed by atoms with Gasteiger partial charge in [0.25, 0.3) is 0 Å². The Morgan fingerprint density at radius 1 is 1.26 bits per heavy atom. The Kier molecular flexibility index (Phi) is 2.44. The lowest BCUT2D eigenvalue weighted by Crippen LogP contribution is -2.29. The van der Waals surface area contributed by atoms with Crippen LogP contribution in [0.4, 0.5) is 5.82 Å². The predicted octanol–water partition coefficient (Wildman–Crippen LogP) is -0.406. The number of rotatable bonds is 2. The van der Waals surface area contributed by atoms with Crippen LogP contribution in [0.3, 0.4) is 0 Å². The number of carbonyl (C=O) groups excluding carboxylic acids is 2. The molecule has 1 saturated heterocycles.